The molecule has 0 aliphatic carbocycles. The van der Waals surface area contributed by atoms with Crippen molar-refractivity contribution in [3.63, 3.8) is 0 Å². The van der Waals surface area contributed by atoms with Gasteiger partial charge in [0.1, 0.15) is 5.82 Å². The van der Waals surface area contributed by atoms with Crippen molar-refractivity contribution in [2.24, 2.45) is 0 Å². The van der Waals surface area contributed by atoms with Gasteiger partial charge in [-0.3, -0.25) is 4.79 Å². The maximum absolute atomic E-state index is 12.3. The van der Waals surface area contributed by atoms with Gasteiger partial charge >= 0.3 is 0 Å². The van der Waals surface area contributed by atoms with E-state index in [1.54, 1.807) is 26.4 Å². The van der Waals surface area contributed by atoms with E-state index in [1.807, 2.05) is 49.4 Å². The van der Waals surface area contributed by atoms with E-state index in [9.17, 15) is 4.79 Å². The first-order valence-corrected chi connectivity index (χ1v) is 8.42. The number of hydrogen-bond donors (Lipinski definition) is 2. The molecule has 1 aromatic heterocycles. The van der Waals surface area contributed by atoms with Crippen LogP contribution >= 0.6 is 0 Å². The molecule has 0 bridgehead atoms. The third kappa shape index (κ3) is 4.55. The van der Waals surface area contributed by atoms with E-state index in [2.05, 4.69) is 15.6 Å². The lowest BCUT2D eigenvalue weighted by molar-refractivity contribution is 0.102. The lowest BCUT2D eigenvalue weighted by Gasteiger charge is -2.11. The minimum Gasteiger partial charge on any atom is -0.493 e. The molecule has 6 nitrogen and oxygen atoms in total. The number of ether oxygens (including phenoxy) is 2. The minimum atomic E-state index is -0.205. The van der Waals surface area contributed by atoms with Crippen molar-refractivity contribution >= 4 is 23.1 Å². The van der Waals surface area contributed by atoms with Crippen LogP contribution in [0.4, 0.5) is 17.2 Å². The van der Waals surface area contributed by atoms with E-state index < -0.39 is 0 Å². The van der Waals surface area contributed by atoms with Crippen LogP contribution in [0.25, 0.3) is 0 Å². The summed E-state index contributed by atoms with van der Waals surface area (Å²) in [6.45, 7) is 2.00. The highest BCUT2D eigenvalue weighted by atomic mass is 16.5. The molecule has 0 saturated carbocycles. The third-order valence-corrected chi connectivity index (χ3v) is 3.99. The predicted octanol–water partition coefficient (Wildman–Crippen LogP) is 4.40. The molecule has 0 radical (unpaired) electrons. The molecule has 0 aliphatic rings. The smallest absolute Gasteiger partial charge is 0.257 e. The Balaban J connectivity index is 1.68. The highest BCUT2D eigenvalue weighted by Crippen LogP contribution is 2.30. The van der Waals surface area contributed by atoms with Gasteiger partial charge in [-0.15, -0.1) is 0 Å². The average Bonchev–Trinajstić information content (AvgIpc) is 2.70. The number of nitrogens with one attached hydrogen (secondary N) is 2. The Bertz CT molecular complexity index is 922. The zero-order chi connectivity index (χ0) is 19.2. The first-order chi connectivity index (χ1) is 13.1. The number of methoxy groups -OCH3 is 2. The summed E-state index contributed by atoms with van der Waals surface area (Å²) in [4.78, 5) is 16.6. The quantitative estimate of drug-likeness (QED) is 0.679. The van der Waals surface area contributed by atoms with Crippen molar-refractivity contribution < 1.29 is 14.3 Å². The summed E-state index contributed by atoms with van der Waals surface area (Å²) in [5.74, 6) is 1.69. The number of carbonyl (C=O) groups excluding carboxylic acids is 1. The SMILES string of the molecule is COc1ccc(Nc2ccc(C(=O)Nc3ccc(C)cc3)cn2)cc1OC. The lowest BCUT2D eigenvalue weighted by Crippen LogP contribution is -2.12. The van der Waals surface area contributed by atoms with Crippen LogP contribution in [-0.2, 0) is 0 Å². The second-order valence-electron chi connectivity index (χ2n) is 5.95. The summed E-state index contributed by atoms with van der Waals surface area (Å²) in [5.41, 5.74) is 3.17. The van der Waals surface area contributed by atoms with Gasteiger partial charge in [-0.25, -0.2) is 4.98 Å². The normalized spacial score (nSPS) is 10.2. The van der Waals surface area contributed by atoms with E-state index in [0.717, 1.165) is 16.9 Å². The van der Waals surface area contributed by atoms with Gasteiger partial charge < -0.3 is 20.1 Å². The van der Waals surface area contributed by atoms with Gasteiger partial charge in [-0.05, 0) is 43.3 Å². The van der Waals surface area contributed by atoms with E-state index >= 15 is 0 Å². The fourth-order valence-corrected chi connectivity index (χ4v) is 2.50. The van der Waals surface area contributed by atoms with E-state index in [1.165, 1.54) is 6.20 Å². The maximum atomic E-state index is 12.3. The second-order valence-corrected chi connectivity index (χ2v) is 5.95. The van der Waals surface area contributed by atoms with Crippen LogP contribution in [0.1, 0.15) is 15.9 Å². The van der Waals surface area contributed by atoms with E-state index in [-0.39, 0.29) is 5.91 Å². The number of pyridine rings is 1. The summed E-state index contributed by atoms with van der Waals surface area (Å²) in [5, 5.41) is 6.03. The first-order valence-electron chi connectivity index (χ1n) is 8.42. The maximum Gasteiger partial charge on any atom is 0.257 e. The Morgan fingerprint density at radius 2 is 1.59 bits per heavy atom. The van der Waals surface area contributed by atoms with Crippen molar-refractivity contribution in [2.75, 3.05) is 24.9 Å². The molecule has 0 atom stereocenters. The summed E-state index contributed by atoms with van der Waals surface area (Å²) < 4.78 is 10.5. The van der Waals surface area contributed by atoms with Gasteiger partial charge in [0.05, 0.1) is 19.8 Å². The minimum absolute atomic E-state index is 0.205. The molecule has 0 unspecified atom stereocenters. The van der Waals surface area contributed by atoms with Crippen LogP contribution in [0.3, 0.4) is 0 Å². The van der Waals surface area contributed by atoms with Crippen molar-refractivity contribution in [1.29, 1.82) is 0 Å². The summed E-state index contributed by atoms with van der Waals surface area (Å²) in [6.07, 6.45) is 1.53. The van der Waals surface area contributed by atoms with Gasteiger partial charge in [-0.2, -0.15) is 0 Å². The largest absolute Gasteiger partial charge is 0.493 e. The Labute approximate surface area is 158 Å². The number of rotatable bonds is 6. The zero-order valence-corrected chi connectivity index (χ0v) is 15.4. The number of anilines is 3. The molecule has 3 aromatic rings. The number of carbonyl (C=O) groups is 1. The molecule has 0 spiro atoms. The zero-order valence-electron chi connectivity index (χ0n) is 15.4. The molecule has 0 saturated heterocycles. The van der Waals surface area contributed by atoms with Crippen LogP contribution in [0, 0.1) is 6.92 Å². The lowest BCUT2D eigenvalue weighted by atomic mass is 10.2. The fraction of sp³-hybridized carbons (Fsp3) is 0.143. The third-order valence-electron chi connectivity index (χ3n) is 3.99. The molecular formula is C21H21N3O3. The Morgan fingerprint density at radius 3 is 2.22 bits per heavy atom. The number of aryl methyl sites for hydroxylation is 1. The number of aromatic nitrogens is 1. The van der Waals surface area contributed by atoms with Crippen LogP contribution in [0.5, 0.6) is 11.5 Å². The van der Waals surface area contributed by atoms with Gasteiger partial charge in [0.2, 0.25) is 0 Å². The summed E-state index contributed by atoms with van der Waals surface area (Å²) in [6, 6.07) is 16.6. The fourth-order valence-electron chi connectivity index (χ4n) is 2.50. The molecule has 2 N–H and O–H groups in total. The molecule has 0 fully saturated rings. The van der Waals surface area contributed by atoms with Crippen LogP contribution in [0.2, 0.25) is 0 Å². The first kappa shape index (κ1) is 18.3. The molecule has 1 amide bonds. The number of amides is 1. The van der Waals surface area contributed by atoms with Gasteiger partial charge in [-0.1, -0.05) is 17.7 Å². The predicted molar refractivity (Wildman–Crippen MR) is 106 cm³/mol. The highest BCUT2D eigenvalue weighted by Gasteiger charge is 2.08. The summed E-state index contributed by atoms with van der Waals surface area (Å²) in [7, 11) is 3.17. The molecule has 0 aliphatic heterocycles. The molecule has 6 heteroatoms. The molecule has 27 heavy (non-hydrogen) atoms. The molecular weight excluding hydrogens is 342 g/mol. The van der Waals surface area contributed by atoms with Crippen molar-refractivity contribution in [3.05, 3.63) is 71.9 Å². The number of nitrogens with zero attached hydrogens (tertiary/aromatic N) is 1. The van der Waals surface area contributed by atoms with Crippen LogP contribution in [0.15, 0.2) is 60.8 Å². The molecule has 3 rings (SSSR count). The average molecular weight is 363 g/mol. The van der Waals surface area contributed by atoms with Gasteiger partial charge in [0.25, 0.3) is 5.91 Å². The van der Waals surface area contributed by atoms with E-state index in [0.29, 0.717) is 22.9 Å². The van der Waals surface area contributed by atoms with Crippen LogP contribution in [-0.4, -0.2) is 25.1 Å². The Kier molecular flexibility index (Phi) is 5.56. The van der Waals surface area contributed by atoms with Gasteiger partial charge in [0.15, 0.2) is 11.5 Å². The van der Waals surface area contributed by atoms with Crippen molar-refractivity contribution in [3.8, 4) is 11.5 Å². The Morgan fingerprint density at radius 1 is 0.889 bits per heavy atom. The van der Waals surface area contributed by atoms with Gasteiger partial charge in [0, 0.05) is 23.6 Å². The molecule has 1 heterocycles. The Hall–Kier alpha value is -3.54. The highest BCUT2D eigenvalue weighted by molar-refractivity contribution is 6.04. The number of benzene rings is 2. The molecule has 138 valence electrons. The second kappa shape index (κ2) is 8.23. The van der Waals surface area contributed by atoms with E-state index in [4.69, 9.17) is 9.47 Å². The molecule has 2 aromatic carbocycles. The standard InChI is InChI=1S/C21H21N3O3/c1-14-4-7-16(8-5-14)24-21(25)15-6-11-20(22-13-15)23-17-9-10-18(26-2)19(12-17)27-3/h4-13H,1-3H3,(H,22,23)(H,24,25). The number of hydrogen-bond acceptors (Lipinski definition) is 5. The van der Waals surface area contributed by atoms with Crippen LogP contribution < -0.4 is 20.1 Å². The van der Waals surface area contributed by atoms with Crippen molar-refractivity contribution in [1.82, 2.24) is 4.98 Å². The summed E-state index contributed by atoms with van der Waals surface area (Å²) >= 11 is 0. The van der Waals surface area contributed by atoms with Crippen molar-refractivity contribution in [2.45, 2.75) is 6.92 Å². The topological polar surface area (TPSA) is 72.5 Å². The monoisotopic (exact) mass is 363 g/mol.